The Balaban J connectivity index is 2.05. The molecule has 0 spiro atoms. The molecule has 0 unspecified atom stereocenters. The molecule has 0 aliphatic carbocycles. The fourth-order valence-electron chi connectivity index (χ4n) is 1.34. The number of hydrogen-bond acceptors (Lipinski definition) is 2. The number of rotatable bonds is 2. The van der Waals surface area contributed by atoms with Gasteiger partial charge in [0.2, 0.25) is 0 Å². The van der Waals surface area contributed by atoms with Crippen LogP contribution in [0.4, 0.5) is 19.3 Å². The lowest BCUT2D eigenvalue weighted by molar-refractivity contribution is 0.269. The molecule has 2 nitrogen and oxygen atoms in total. The van der Waals surface area contributed by atoms with E-state index in [1.54, 1.807) is 24.3 Å². The van der Waals surface area contributed by atoms with Crippen molar-refractivity contribution in [1.29, 1.82) is 0 Å². The highest BCUT2D eigenvalue weighted by atomic mass is 35.5. The zero-order valence-electron chi connectivity index (χ0n) is 9.49. The second kappa shape index (κ2) is 6.04. The Labute approximate surface area is 117 Å². The van der Waals surface area contributed by atoms with E-state index in [-0.39, 0.29) is 5.69 Å². The molecule has 1 amide bonds. The van der Waals surface area contributed by atoms with Gasteiger partial charge in [0.05, 0.1) is 5.69 Å². The molecule has 0 aromatic heterocycles. The molecule has 0 fully saturated rings. The average Bonchev–Trinajstić information content (AvgIpc) is 2.37. The number of thioether (sulfide) groups is 1. The first-order valence-corrected chi connectivity index (χ1v) is 6.43. The van der Waals surface area contributed by atoms with Crippen molar-refractivity contribution < 1.29 is 13.6 Å². The minimum atomic E-state index is -0.688. The molecule has 0 aliphatic heterocycles. The van der Waals surface area contributed by atoms with E-state index in [1.807, 2.05) is 0 Å². The molecule has 0 bridgehead atoms. The molecular formula is C13H8ClF2NOS. The fraction of sp³-hybridized carbons (Fsp3) is 0. The highest BCUT2D eigenvalue weighted by molar-refractivity contribution is 8.13. The highest BCUT2D eigenvalue weighted by Crippen LogP contribution is 2.24. The molecule has 0 aliphatic rings. The van der Waals surface area contributed by atoms with E-state index in [0.29, 0.717) is 9.92 Å². The van der Waals surface area contributed by atoms with Gasteiger partial charge in [0.1, 0.15) is 11.6 Å². The van der Waals surface area contributed by atoms with Crippen LogP contribution in [0.3, 0.4) is 0 Å². The van der Waals surface area contributed by atoms with E-state index in [1.165, 1.54) is 0 Å². The van der Waals surface area contributed by atoms with Crippen LogP contribution in [0.5, 0.6) is 0 Å². The second-order valence-corrected chi connectivity index (χ2v) is 5.08. The maximum atomic E-state index is 13.3. The molecule has 19 heavy (non-hydrogen) atoms. The van der Waals surface area contributed by atoms with Gasteiger partial charge in [-0.15, -0.1) is 0 Å². The van der Waals surface area contributed by atoms with Gasteiger partial charge in [0.25, 0.3) is 5.24 Å². The number of amides is 1. The number of benzene rings is 2. The summed E-state index contributed by atoms with van der Waals surface area (Å²) in [6.45, 7) is 0. The van der Waals surface area contributed by atoms with Crippen LogP contribution in [0.15, 0.2) is 47.4 Å². The smallest absolute Gasteiger partial charge is 0.288 e. The Morgan fingerprint density at radius 2 is 1.79 bits per heavy atom. The SMILES string of the molecule is O=C(Nc1cc(F)ccc1F)Sc1ccc(Cl)cc1. The summed E-state index contributed by atoms with van der Waals surface area (Å²) in [5.41, 5.74) is -0.188. The van der Waals surface area contributed by atoms with Gasteiger partial charge in [-0.3, -0.25) is 4.79 Å². The van der Waals surface area contributed by atoms with Crippen molar-refractivity contribution in [2.75, 3.05) is 5.32 Å². The Morgan fingerprint density at radius 3 is 2.47 bits per heavy atom. The predicted molar refractivity (Wildman–Crippen MR) is 72.7 cm³/mol. The second-order valence-electron chi connectivity index (χ2n) is 3.59. The third-order valence-electron chi connectivity index (χ3n) is 2.19. The molecule has 0 heterocycles. The van der Waals surface area contributed by atoms with Crippen LogP contribution in [-0.4, -0.2) is 5.24 Å². The first-order chi connectivity index (χ1) is 9.04. The fourth-order valence-corrected chi connectivity index (χ4v) is 2.11. The van der Waals surface area contributed by atoms with Crippen LogP contribution < -0.4 is 5.32 Å². The lowest BCUT2D eigenvalue weighted by atomic mass is 10.3. The minimum absolute atomic E-state index is 0.188. The normalized spacial score (nSPS) is 10.3. The summed E-state index contributed by atoms with van der Waals surface area (Å²) in [6, 6.07) is 9.47. The molecule has 1 N–H and O–H groups in total. The third-order valence-corrected chi connectivity index (χ3v) is 3.24. The van der Waals surface area contributed by atoms with Crippen LogP contribution in [0.25, 0.3) is 0 Å². The van der Waals surface area contributed by atoms with E-state index in [9.17, 15) is 13.6 Å². The molecule has 98 valence electrons. The van der Waals surface area contributed by atoms with Gasteiger partial charge in [-0.05, 0) is 48.2 Å². The summed E-state index contributed by atoms with van der Waals surface area (Å²) in [5, 5.41) is 2.34. The molecule has 0 atom stereocenters. The van der Waals surface area contributed by atoms with Gasteiger partial charge in [-0.1, -0.05) is 11.6 Å². The lowest BCUT2D eigenvalue weighted by Crippen LogP contribution is -2.06. The summed E-state index contributed by atoms with van der Waals surface area (Å²) in [6.07, 6.45) is 0. The summed E-state index contributed by atoms with van der Waals surface area (Å²) in [4.78, 5) is 12.3. The number of carbonyl (C=O) groups excluding carboxylic acids is 1. The van der Waals surface area contributed by atoms with Gasteiger partial charge in [-0.2, -0.15) is 0 Å². The maximum absolute atomic E-state index is 13.3. The Hall–Kier alpha value is -1.59. The Morgan fingerprint density at radius 1 is 1.11 bits per heavy atom. The number of hydrogen-bond donors (Lipinski definition) is 1. The molecular weight excluding hydrogens is 292 g/mol. The van der Waals surface area contributed by atoms with Gasteiger partial charge in [-0.25, -0.2) is 8.78 Å². The summed E-state index contributed by atoms with van der Waals surface area (Å²) in [7, 11) is 0. The maximum Gasteiger partial charge on any atom is 0.288 e. The summed E-state index contributed by atoms with van der Waals surface area (Å²) >= 11 is 6.58. The van der Waals surface area contributed by atoms with Crippen LogP contribution in [0.1, 0.15) is 0 Å². The number of anilines is 1. The van der Waals surface area contributed by atoms with Crippen molar-refractivity contribution in [2.45, 2.75) is 4.90 Å². The van der Waals surface area contributed by atoms with Crippen molar-refractivity contribution in [3.8, 4) is 0 Å². The number of carbonyl (C=O) groups is 1. The third kappa shape index (κ3) is 3.94. The van der Waals surface area contributed by atoms with E-state index >= 15 is 0 Å². The molecule has 0 saturated heterocycles. The van der Waals surface area contributed by atoms with Crippen molar-refractivity contribution >= 4 is 34.3 Å². The highest BCUT2D eigenvalue weighted by Gasteiger charge is 2.09. The zero-order valence-corrected chi connectivity index (χ0v) is 11.1. The molecule has 0 saturated carbocycles. The van der Waals surface area contributed by atoms with Crippen molar-refractivity contribution in [1.82, 2.24) is 0 Å². The van der Waals surface area contributed by atoms with Crippen LogP contribution in [0, 0.1) is 11.6 Å². The predicted octanol–water partition coefficient (Wildman–Crippen LogP) is 4.94. The first-order valence-electron chi connectivity index (χ1n) is 5.24. The van der Waals surface area contributed by atoms with E-state index in [2.05, 4.69) is 5.32 Å². The van der Waals surface area contributed by atoms with Crippen LogP contribution >= 0.6 is 23.4 Å². The standard InChI is InChI=1S/C13H8ClF2NOS/c14-8-1-4-10(5-2-8)19-13(18)17-12-7-9(15)3-6-11(12)16/h1-7H,(H,17,18). The molecule has 0 radical (unpaired) electrons. The lowest BCUT2D eigenvalue weighted by Gasteiger charge is -2.06. The first kappa shape index (κ1) is 13.8. The van der Waals surface area contributed by atoms with Crippen LogP contribution in [0.2, 0.25) is 5.02 Å². The Bertz CT molecular complexity index is 604. The van der Waals surface area contributed by atoms with E-state index in [0.717, 1.165) is 30.0 Å². The van der Waals surface area contributed by atoms with Crippen LogP contribution in [-0.2, 0) is 0 Å². The van der Waals surface area contributed by atoms with Gasteiger partial charge in [0, 0.05) is 16.0 Å². The summed E-state index contributed by atoms with van der Waals surface area (Å²) in [5.74, 6) is -1.31. The quantitative estimate of drug-likeness (QED) is 0.796. The molecule has 2 aromatic rings. The number of halogens is 3. The van der Waals surface area contributed by atoms with Crippen molar-refractivity contribution in [3.63, 3.8) is 0 Å². The number of nitrogens with one attached hydrogen (secondary N) is 1. The van der Waals surface area contributed by atoms with Gasteiger partial charge >= 0.3 is 0 Å². The largest absolute Gasteiger partial charge is 0.314 e. The monoisotopic (exact) mass is 299 g/mol. The average molecular weight is 300 g/mol. The van der Waals surface area contributed by atoms with E-state index < -0.39 is 16.9 Å². The Kier molecular flexibility index (Phi) is 4.39. The zero-order chi connectivity index (χ0) is 13.8. The molecule has 6 heteroatoms. The van der Waals surface area contributed by atoms with E-state index in [4.69, 9.17) is 11.6 Å². The topological polar surface area (TPSA) is 29.1 Å². The molecule has 2 rings (SSSR count). The van der Waals surface area contributed by atoms with Crippen molar-refractivity contribution in [2.24, 2.45) is 0 Å². The minimum Gasteiger partial charge on any atom is -0.314 e. The van der Waals surface area contributed by atoms with Crippen molar-refractivity contribution in [3.05, 3.63) is 59.1 Å². The van der Waals surface area contributed by atoms with Gasteiger partial charge < -0.3 is 5.32 Å². The molecule has 2 aromatic carbocycles. The summed E-state index contributed by atoms with van der Waals surface area (Å²) < 4.78 is 26.2. The van der Waals surface area contributed by atoms with Gasteiger partial charge in [0.15, 0.2) is 0 Å².